The number of carbonyl (C=O) groups excluding carboxylic acids is 1. The van der Waals surface area contributed by atoms with Crippen LogP contribution in [-0.2, 0) is 9.53 Å². The van der Waals surface area contributed by atoms with Crippen LogP contribution in [0.1, 0.15) is 12.5 Å². The minimum Gasteiger partial charge on any atom is -0.457 e. The zero-order valence-corrected chi connectivity index (χ0v) is 23.4. The van der Waals surface area contributed by atoms with E-state index in [2.05, 4.69) is 14.9 Å². The number of nitrogen functional groups attached to an aromatic ring is 1. The molecule has 40 heavy (non-hydrogen) atoms. The summed E-state index contributed by atoms with van der Waals surface area (Å²) >= 11 is 7.07. The Balaban J connectivity index is 1.37. The van der Waals surface area contributed by atoms with E-state index in [9.17, 15) is 4.79 Å². The molecular weight excluding hydrogens is 528 g/mol. The summed E-state index contributed by atoms with van der Waals surface area (Å²) < 4.78 is 13.0. The minimum absolute atomic E-state index is 0.0152. The van der Waals surface area contributed by atoms with E-state index in [0.29, 0.717) is 54.0 Å². The number of hydrogen-bond donors (Lipinski definition) is 1. The van der Waals surface area contributed by atoms with E-state index in [0.717, 1.165) is 29.8 Å². The van der Waals surface area contributed by atoms with Gasteiger partial charge in [-0.2, -0.15) is 0 Å². The normalized spacial score (nSPS) is 15.5. The molecule has 1 unspecified atom stereocenters. The van der Waals surface area contributed by atoms with Gasteiger partial charge < -0.3 is 29.6 Å². The molecule has 5 rings (SSSR count). The van der Waals surface area contributed by atoms with Crippen molar-refractivity contribution >= 4 is 34.4 Å². The van der Waals surface area contributed by atoms with Crippen molar-refractivity contribution in [1.29, 1.82) is 0 Å². The number of likely N-dealkylation sites (N-methyl/N-ethyl adjacent to an activating group) is 1. The number of methoxy groups -OCH3 is 1. The number of aromatic nitrogens is 3. The predicted octanol–water partition coefficient (Wildman–Crippen LogP) is 5.03. The zero-order chi connectivity index (χ0) is 28.1. The van der Waals surface area contributed by atoms with Crippen LogP contribution in [0.15, 0.2) is 73.1 Å². The van der Waals surface area contributed by atoms with Gasteiger partial charge in [0.05, 0.1) is 18.0 Å². The molecule has 2 aromatic heterocycles. The second-order valence-corrected chi connectivity index (χ2v) is 10.2. The van der Waals surface area contributed by atoms with Crippen LogP contribution in [0.3, 0.4) is 0 Å². The quantitative estimate of drug-likeness (QED) is 0.271. The maximum Gasteiger partial charge on any atom is 0.246 e. The number of nitrogens with two attached hydrogens (primary N) is 1. The Kier molecular flexibility index (Phi) is 8.64. The van der Waals surface area contributed by atoms with E-state index in [1.54, 1.807) is 13.2 Å². The van der Waals surface area contributed by atoms with Crippen LogP contribution in [0, 0.1) is 0 Å². The minimum atomic E-state index is -0.0412. The van der Waals surface area contributed by atoms with Gasteiger partial charge in [0, 0.05) is 44.9 Å². The van der Waals surface area contributed by atoms with Gasteiger partial charge in [-0.1, -0.05) is 48.0 Å². The molecule has 10 heteroatoms. The van der Waals surface area contributed by atoms with Gasteiger partial charge in [-0.25, -0.2) is 9.97 Å². The van der Waals surface area contributed by atoms with Crippen molar-refractivity contribution in [3.63, 3.8) is 0 Å². The Morgan fingerprint density at radius 1 is 1.15 bits per heavy atom. The summed E-state index contributed by atoms with van der Waals surface area (Å²) in [4.78, 5) is 25.6. The van der Waals surface area contributed by atoms with Crippen molar-refractivity contribution in [2.75, 3.05) is 52.7 Å². The lowest BCUT2D eigenvalue weighted by Crippen LogP contribution is -2.28. The molecule has 9 nitrogen and oxygen atoms in total. The zero-order valence-electron chi connectivity index (χ0n) is 22.7. The van der Waals surface area contributed by atoms with E-state index in [1.807, 2.05) is 77.2 Å². The number of nitrogens with zero attached hydrogens (tertiary/aromatic N) is 5. The van der Waals surface area contributed by atoms with Crippen LogP contribution < -0.4 is 10.5 Å². The third-order valence-electron chi connectivity index (χ3n) is 7.07. The highest BCUT2D eigenvalue weighted by atomic mass is 35.5. The SMILES string of the molecule is COCCN(C)C/C=C/C(=O)N1CCC(n2c(Cl)c(-c3ccc(Oc4ccccc4)cc3)c3c(N)ncnc32)C1. The van der Waals surface area contributed by atoms with Gasteiger partial charge >= 0.3 is 0 Å². The summed E-state index contributed by atoms with van der Waals surface area (Å²) in [6.45, 7) is 3.29. The molecule has 1 saturated heterocycles. The highest BCUT2D eigenvalue weighted by molar-refractivity contribution is 6.35. The largest absolute Gasteiger partial charge is 0.457 e. The molecule has 1 aliphatic rings. The van der Waals surface area contributed by atoms with Crippen molar-refractivity contribution in [2.45, 2.75) is 12.5 Å². The fraction of sp³-hybridized carbons (Fsp3) is 0.300. The monoisotopic (exact) mass is 560 g/mol. The second kappa shape index (κ2) is 12.5. The van der Waals surface area contributed by atoms with Crippen molar-refractivity contribution in [3.05, 3.63) is 78.2 Å². The maximum absolute atomic E-state index is 12.9. The van der Waals surface area contributed by atoms with Crippen LogP contribution in [0.25, 0.3) is 22.2 Å². The average Bonchev–Trinajstić information content (AvgIpc) is 3.56. The number of halogens is 1. The van der Waals surface area contributed by atoms with Gasteiger partial charge in [0.2, 0.25) is 5.91 Å². The first-order valence-electron chi connectivity index (χ1n) is 13.2. The summed E-state index contributed by atoms with van der Waals surface area (Å²) in [5.74, 6) is 1.81. The van der Waals surface area contributed by atoms with Gasteiger partial charge in [0.1, 0.15) is 34.4 Å². The Bertz CT molecular complexity index is 1490. The molecular formula is C30H33ClN6O3. The number of carbonyl (C=O) groups is 1. The molecule has 4 aromatic rings. The average molecular weight is 561 g/mol. The molecule has 2 aromatic carbocycles. The third kappa shape index (κ3) is 5.96. The van der Waals surface area contributed by atoms with E-state index in [-0.39, 0.29) is 11.9 Å². The van der Waals surface area contributed by atoms with Crippen LogP contribution in [0.2, 0.25) is 5.15 Å². The number of amides is 1. The highest BCUT2D eigenvalue weighted by Gasteiger charge is 2.31. The fourth-order valence-electron chi connectivity index (χ4n) is 4.97. The molecule has 1 fully saturated rings. The maximum atomic E-state index is 12.9. The number of rotatable bonds is 10. The van der Waals surface area contributed by atoms with Crippen LogP contribution in [0.4, 0.5) is 5.82 Å². The van der Waals surface area contributed by atoms with Gasteiger partial charge in [-0.05, 0) is 43.3 Å². The number of benzene rings is 2. The smallest absolute Gasteiger partial charge is 0.246 e. The predicted molar refractivity (Wildman–Crippen MR) is 158 cm³/mol. The summed E-state index contributed by atoms with van der Waals surface area (Å²) in [6.07, 6.45) is 5.74. The summed E-state index contributed by atoms with van der Waals surface area (Å²) in [7, 11) is 3.67. The number of fused-ring (bicyclic) bond motifs is 1. The van der Waals surface area contributed by atoms with Crippen molar-refractivity contribution < 1.29 is 14.3 Å². The van der Waals surface area contributed by atoms with Crippen LogP contribution in [-0.4, -0.2) is 77.2 Å². The number of likely N-dealkylation sites (tertiary alicyclic amines) is 1. The molecule has 1 aliphatic heterocycles. The highest BCUT2D eigenvalue weighted by Crippen LogP contribution is 2.43. The van der Waals surface area contributed by atoms with Crippen LogP contribution >= 0.6 is 11.6 Å². The topological polar surface area (TPSA) is 98.7 Å². The number of hydrogen-bond acceptors (Lipinski definition) is 7. The van der Waals surface area contributed by atoms with Gasteiger partial charge in [-0.3, -0.25) is 4.79 Å². The molecule has 0 saturated carbocycles. The van der Waals surface area contributed by atoms with E-state index >= 15 is 0 Å². The lowest BCUT2D eigenvalue weighted by atomic mass is 10.1. The number of anilines is 1. The lowest BCUT2D eigenvalue weighted by molar-refractivity contribution is -0.125. The Labute approximate surface area is 238 Å². The van der Waals surface area contributed by atoms with Gasteiger partial charge in [-0.15, -0.1) is 0 Å². The first kappa shape index (κ1) is 27.6. The molecule has 1 amide bonds. The van der Waals surface area contributed by atoms with E-state index in [1.165, 1.54) is 6.33 Å². The van der Waals surface area contributed by atoms with E-state index in [4.69, 9.17) is 26.8 Å². The summed E-state index contributed by atoms with van der Waals surface area (Å²) in [6, 6.07) is 17.3. The van der Waals surface area contributed by atoms with Gasteiger partial charge in [0.25, 0.3) is 0 Å². The fourth-order valence-corrected chi connectivity index (χ4v) is 5.39. The molecule has 0 bridgehead atoms. The van der Waals surface area contributed by atoms with Crippen LogP contribution in [0.5, 0.6) is 11.5 Å². The molecule has 0 aliphatic carbocycles. The Morgan fingerprint density at radius 2 is 1.90 bits per heavy atom. The summed E-state index contributed by atoms with van der Waals surface area (Å²) in [5, 5.41) is 1.22. The van der Waals surface area contributed by atoms with Gasteiger partial charge in [0.15, 0.2) is 0 Å². The first-order valence-corrected chi connectivity index (χ1v) is 13.6. The lowest BCUT2D eigenvalue weighted by Gasteiger charge is -2.17. The van der Waals surface area contributed by atoms with E-state index < -0.39 is 0 Å². The van der Waals surface area contributed by atoms with Crippen molar-refractivity contribution in [1.82, 2.24) is 24.3 Å². The van der Waals surface area contributed by atoms with Crippen molar-refractivity contribution in [3.8, 4) is 22.6 Å². The summed E-state index contributed by atoms with van der Waals surface area (Å²) in [5.41, 5.74) is 8.66. The third-order valence-corrected chi connectivity index (χ3v) is 7.44. The molecule has 2 N–H and O–H groups in total. The molecule has 1 atom stereocenters. The molecule has 3 heterocycles. The number of para-hydroxylation sites is 1. The first-order chi connectivity index (χ1) is 19.5. The standard InChI is InChI=1S/C30H33ClN6O3/c1-35(17-18-39-2)15-6-9-25(38)36-16-14-22(19-36)37-28(31)26(27-29(32)33-20-34-30(27)37)21-10-12-24(13-11-21)40-23-7-4-3-5-8-23/h3-13,20,22H,14-19H2,1-2H3,(H2,32,33,34)/b9-6+. The molecule has 208 valence electrons. The molecule has 0 radical (unpaired) electrons. The second-order valence-electron chi connectivity index (χ2n) is 9.82. The Hall–Kier alpha value is -3.92. The number of ether oxygens (including phenoxy) is 2. The Morgan fingerprint density at radius 3 is 2.65 bits per heavy atom. The molecule has 0 spiro atoms. The van der Waals surface area contributed by atoms with Crippen molar-refractivity contribution in [2.24, 2.45) is 0 Å².